The summed E-state index contributed by atoms with van der Waals surface area (Å²) < 4.78 is 39.5. The summed E-state index contributed by atoms with van der Waals surface area (Å²) >= 11 is 6.89. The quantitative estimate of drug-likeness (QED) is 0.365. The molecule has 1 amide bonds. The maximum absolute atomic E-state index is 13.2. The number of hydrogen-bond donors (Lipinski definition) is 3. The zero-order valence-corrected chi connectivity index (χ0v) is 17.3. The Balaban J connectivity index is 1.59. The molecular formula is C20H13ClF3N5OS. The molecule has 0 radical (unpaired) electrons. The molecule has 0 saturated carbocycles. The van der Waals surface area contributed by atoms with Crippen LogP contribution in [0.2, 0.25) is 5.02 Å². The van der Waals surface area contributed by atoms with E-state index in [-0.39, 0.29) is 9.71 Å². The first-order valence-corrected chi connectivity index (χ1v) is 10.3. The van der Waals surface area contributed by atoms with Crippen LogP contribution in [0.25, 0.3) is 21.5 Å². The summed E-state index contributed by atoms with van der Waals surface area (Å²) in [5, 5.41) is 14.2. The van der Waals surface area contributed by atoms with Gasteiger partial charge in [-0.3, -0.25) is 9.89 Å². The van der Waals surface area contributed by atoms with Crippen molar-refractivity contribution in [3.8, 4) is 11.3 Å². The van der Waals surface area contributed by atoms with Crippen molar-refractivity contribution in [2.24, 2.45) is 0 Å². The van der Waals surface area contributed by atoms with Gasteiger partial charge in [-0.05, 0) is 30.7 Å². The second-order valence-electron chi connectivity index (χ2n) is 7.07. The van der Waals surface area contributed by atoms with E-state index >= 15 is 0 Å². The lowest BCUT2D eigenvalue weighted by Gasteiger charge is -2.26. The lowest BCUT2D eigenvalue weighted by atomic mass is 10.0. The fourth-order valence-corrected chi connectivity index (χ4v) is 4.86. The number of benzene rings is 1. The minimum Gasteiger partial charge on any atom is -0.360 e. The van der Waals surface area contributed by atoms with Crippen molar-refractivity contribution in [2.45, 2.75) is 19.3 Å². The Kier molecular flexibility index (Phi) is 4.45. The molecule has 11 heteroatoms. The smallest absolute Gasteiger partial charge is 0.360 e. The Morgan fingerprint density at radius 1 is 1.16 bits per heavy atom. The summed E-state index contributed by atoms with van der Waals surface area (Å²) in [6.07, 6.45) is -3.61. The summed E-state index contributed by atoms with van der Waals surface area (Å²) in [6.45, 7) is 1.58. The number of nitrogens with zero attached hydrogens (tertiary/aromatic N) is 2. The zero-order chi connectivity index (χ0) is 21.9. The fourth-order valence-electron chi connectivity index (χ4n) is 3.62. The Morgan fingerprint density at radius 3 is 2.61 bits per heavy atom. The number of amides is 1. The van der Waals surface area contributed by atoms with Crippen molar-refractivity contribution in [3.63, 3.8) is 0 Å². The molecule has 0 unspecified atom stereocenters. The van der Waals surface area contributed by atoms with Gasteiger partial charge in [-0.2, -0.15) is 18.3 Å². The molecule has 0 bridgehead atoms. The molecule has 158 valence electrons. The van der Waals surface area contributed by atoms with Crippen molar-refractivity contribution in [1.82, 2.24) is 20.5 Å². The first kappa shape index (κ1) is 19.8. The molecule has 0 saturated heterocycles. The summed E-state index contributed by atoms with van der Waals surface area (Å²) in [6, 6.07) is 8.12. The van der Waals surface area contributed by atoms with E-state index in [1.165, 1.54) is 0 Å². The van der Waals surface area contributed by atoms with Crippen LogP contribution in [0.3, 0.4) is 0 Å². The highest BCUT2D eigenvalue weighted by molar-refractivity contribution is 7.21. The van der Waals surface area contributed by atoms with E-state index in [2.05, 4.69) is 25.8 Å². The van der Waals surface area contributed by atoms with Gasteiger partial charge in [0.15, 0.2) is 0 Å². The van der Waals surface area contributed by atoms with Gasteiger partial charge in [0.25, 0.3) is 5.91 Å². The third-order valence-corrected chi connectivity index (χ3v) is 6.37. The molecule has 1 aromatic carbocycles. The number of H-pyrrole nitrogens is 1. The number of carbonyl (C=O) groups excluding carboxylic acids is 1. The number of hydrogen-bond acceptors (Lipinski definition) is 5. The number of carbonyl (C=O) groups is 1. The first-order chi connectivity index (χ1) is 14.7. The van der Waals surface area contributed by atoms with E-state index in [1.54, 1.807) is 25.3 Å². The molecule has 5 rings (SSSR count). The van der Waals surface area contributed by atoms with Crippen LogP contribution < -0.4 is 10.6 Å². The maximum Gasteiger partial charge on any atom is 0.433 e. The van der Waals surface area contributed by atoms with Crippen molar-refractivity contribution < 1.29 is 18.0 Å². The second kappa shape index (κ2) is 6.96. The molecule has 1 aliphatic rings. The van der Waals surface area contributed by atoms with Crippen LogP contribution in [0.15, 0.2) is 36.5 Å². The average Bonchev–Trinajstić information content (AvgIpc) is 3.33. The minimum atomic E-state index is -4.56. The Labute approximate surface area is 182 Å². The number of aryl methyl sites for hydroxylation is 1. The molecule has 0 spiro atoms. The maximum atomic E-state index is 13.2. The molecule has 0 aliphatic carbocycles. The highest BCUT2D eigenvalue weighted by Gasteiger charge is 2.36. The lowest BCUT2D eigenvalue weighted by Crippen LogP contribution is -2.37. The minimum absolute atomic E-state index is 0.158. The van der Waals surface area contributed by atoms with Crippen LogP contribution in [0.5, 0.6) is 0 Å². The van der Waals surface area contributed by atoms with Crippen LogP contribution >= 0.6 is 22.9 Å². The SMILES string of the molecule is Cc1cc(C(F)(F)F)nc2sc3c(c12)N[C@H](c1cn[nH]c1-c1ccc(Cl)cc1)NC3=O. The first-order valence-electron chi connectivity index (χ1n) is 9.10. The molecule has 3 aromatic heterocycles. The number of nitrogens with one attached hydrogen (secondary N) is 3. The number of aromatic nitrogens is 3. The van der Waals surface area contributed by atoms with Crippen molar-refractivity contribution in [1.29, 1.82) is 0 Å². The van der Waals surface area contributed by atoms with Crippen LogP contribution in [-0.4, -0.2) is 21.1 Å². The monoisotopic (exact) mass is 463 g/mol. The third kappa shape index (κ3) is 3.31. The summed E-state index contributed by atoms with van der Waals surface area (Å²) in [5.41, 5.74) is 2.07. The summed E-state index contributed by atoms with van der Waals surface area (Å²) in [4.78, 5) is 17.0. The number of aromatic amines is 1. The van der Waals surface area contributed by atoms with Gasteiger partial charge in [-0.25, -0.2) is 4.98 Å². The number of fused-ring (bicyclic) bond motifs is 3. The van der Waals surface area contributed by atoms with Crippen LogP contribution in [-0.2, 0) is 6.18 Å². The molecule has 3 N–H and O–H groups in total. The molecule has 1 atom stereocenters. The van der Waals surface area contributed by atoms with Crippen LogP contribution in [0.4, 0.5) is 18.9 Å². The van der Waals surface area contributed by atoms with E-state index in [9.17, 15) is 18.0 Å². The van der Waals surface area contributed by atoms with Crippen molar-refractivity contribution in [3.05, 3.63) is 63.2 Å². The van der Waals surface area contributed by atoms with Crippen molar-refractivity contribution in [2.75, 3.05) is 5.32 Å². The summed E-state index contributed by atoms with van der Waals surface area (Å²) in [5.74, 6) is -0.391. The van der Waals surface area contributed by atoms with Crippen molar-refractivity contribution >= 4 is 44.7 Å². The van der Waals surface area contributed by atoms with E-state index in [4.69, 9.17) is 11.6 Å². The second-order valence-corrected chi connectivity index (χ2v) is 8.50. The molecule has 6 nitrogen and oxygen atoms in total. The Morgan fingerprint density at radius 2 is 1.90 bits per heavy atom. The number of halogens is 4. The predicted molar refractivity (Wildman–Crippen MR) is 112 cm³/mol. The topological polar surface area (TPSA) is 82.7 Å². The molecule has 31 heavy (non-hydrogen) atoms. The number of pyridine rings is 1. The lowest BCUT2D eigenvalue weighted by molar-refractivity contribution is -0.141. The zero-order valence-electron chi connectivity index (χ0n) is 15.8. The van der Waals surface area contributed by atoms with E-state index in [1.807, 2.05) is 12.1 Å². The summed E-state index contributed by atoms with van der Waals surface area (Å²) in [7, 11) is 0. The van der Waals surface area contributed by atoms with Crippen LogP contribution in [0, 0.1) is 6.92 Å². The van der Waals surface area contributed by atoms with Crippen LogP contribution in [0.1, 0.15) is 32.7 Å². The standard InChI is InChI=1S/C20H13ClF3N5OS/c1-8-6-12(20(22,23)24)26-19-13(8)15-16(31-19)18(30)28-17(27-15)11-7-25-29-14(11)9-2-4-10(21)5-3-9/h2-7,17,27H,1H3,(H,25,29)(H,28,30)/t17-/m0/s1. The van der Waals surface area contributed by atoms with Gasteiger partial charge in [0.05, 0.1) is 17.6 Å². The van der Waals surface area contributed by atoms with Gasteiger partial charge in [0.1, 0.15) is 21.6 Å². The van der Waals surface area contributed by atoms with Gasteiger partial charge in [0.2, 0.25) is 0 Å². The fraction of sp³-hybridized carbons (Fsp3) is 0.150. The number of rotatable bonds is 2. The average molecular weight is 464 g/mol. The van der Waals surface area contributed by atoms with Gasteiger partial charge in [-0.1, -0.05) is 23.7 Å². The molecule has 4 heterocycles. The van der Waals surface area contributed by atoms with E-state index in [0.29, 0.717) is 32.9 Å². The van der Waals surface area contributed by atoms with Gasteiger partial charge >= 0.3 is 6.18 Å². The van der Waals surface area contributed by atoms with Gasteiger partial charge in [0, 0.05) is 21.5 Å². The molecular weight excluding hydrogens is 451 g/mol. The Bertz CT molecular complexity index is 1330. The largest absolute Gasteiger partial charge is 0.433 e. The molecule has 1 aliphatic heterocycles. The number of thiophene rings is 1. The Hall–Kier alpha value is -3.11. The number of anilines is 1. The number of alkyl halides is 3. The highest BCUT2D eigenvalue weighted by atomic mass is 35.5. The predicted octanol–water partition coefficient (Wildman–Crippen LogP) is 5.52. The van der Waals surface area contributed by atoms with Gasteiger partial charge in [-0.15, -0.1) is 11.3 Å². The van der Waals surface area contributed by atoms with E-state index in [0.717, 1.165) is 23.0 Å². The van der Waals surface area contributed by atoms with E-state index < -0.39 is 23.9 Å². The molecule has 4 aromatic rings. The molecule has 0 fully saturated rings. The van der Waals surface area contributed by atoms with Gasteiger partial charge < -0.3 is 10.6 Å². The highest BCUT2D eigenvalue weighted by Crippen LogP contribution is 2.43. The normalized spacial score (nSPS) is 16.2. The third-order valence-electron chi connectivity index (χ3n) is 5.03.